The largest absolute Gasteiger partial charge is 0.463 e. The molecular formula is C33H36F3N5O11S2. The number of aromatic nitrogens is 1. The van der Waals surface area contributed by atoms with Gasteiger partial charge in [-0.3, -0.25) is 24.0 Å². The molecule has 0 saturated carbocycles. The van der Waals surface area contributed by atoms with Gasteiger partial charge in [-0.1, -0.05) is 0 Å². The van der Waals surface area contributed by atoms with Gasteiger partial charge in [-0.15, -0.1) is 0 Å². The Morgan fingerprint density at radius 1 is 0.926 bits per heavy atom. The van der Waals surface area contributed by atoms with Gasteiger partial charge in [0.25, 0.3) is 5.91 Å². The van der Waals surface area contributed by atoms with E-state index >= 15 is 0 Å². The van der Waals surface area contributed by atoms with E-state index in [2.05, 4.69) is 15.6 Å². The topological polar surface area (TPSA) is 192 Å². The fraction of sp³-hybridized carbons (Fsp3) is 0.455. The molecule has 4 rings (SSSR count). The summed E-state index contributed by atoms with van der Waals surface area (Å²) >= 11 is 5.16. The first kappa shape index (κ1) is 41.7. The molecule has 5 atom stereocenters. The Morgan fingerprint density at radius 3 is 2.09 bits per heavy atom. The van der Waals surface area contributed by atoms with Crippen molar-refractivity contribution in [2.75, 3.05) is 16.8 Å². The minimum Gasteiger partial charge on any atom is -0.463 e. The van der Waals surface area contributed by atoms with E-state index in [0.717, 1.165) is 32.6 Å². The molecular weight excluding hydrogens is 764 g/mol. The van der Waals surface area contributed by atoms with Gasteiger partial charge >= 0.3 is 35.4 Å². The van der Waals surface area contributed by atoms with Crippen molar-refractivity contribution >= 4 is 76.4 Å². The average molecular weight is 800 g/mol. The van der Waals surface area contributed by atoms with Crippen molar-refractivity contribution in [1.29, 1.82) is 0 Å². The van der Waals surface area contributed by atoms with Crippen LogP contribution in [0.2, 0.25) is 0 Å². The number of esters is 4. The fourth-order valence-corrected chi connectivity index (χ4v) is 6.34. The predicted molar refractivity (Wildman–Crippen MR) is 186 cm³/mol. The monoisotopic (exact) mass is 799 g/mol. The van der Waals surface area contributed by atoms with E-state index in [1.165, 1.54) is 55.3 Å². The number of hydrogen-bond acceptors (Lipinski definition) is 14. The molecule has 1 aromatic carbocycles. The van der Waals surface area contributed by atoms with Gasteiger partial charge < -0.3 is 39.2 Å². The summed E-state index contributed by atoms with van der Waals surface area (Å²) in [7, 11) is 0. The second kappa shape index (κ2) is 17.0. The lowest BCUT2D eigenvalue weighted by molar-refractivity contribution is -0.254. The van der Waals surface area contributed by atoms with Crippen molar-refractivity contribution in [1.82, 2.24) is 15.2 Å². The molecule has 3 amide bonds. The van der Waals surface area contributed by atoms with Gasteiger partial charge in [-0.05, 0) is 79.8 Å². The first-order valence-electron chi connectivity index (χ1n) is 16.0. The molecule has 1 aromatic heterocycles. The molecule has 2 fully saturated rings. The van der Waals surface area contributed by atoms with Gasteiger partial charge in [0.05, 0.1) is 5.69 Å². The second-order valence-corrected chi connectivity index (χ2v) is 13.9. The van der Waals surface area contributed by atoms with Gasteiger partial charge in [0, 0.05) is 45.3 Å². The lowest BCUT2D eigenvalue weighted by atomic mass is 9.97. The molecule has 0 aliphatic carbocycles. The van der Waals surface area contributed by atoms with E-state index in [4.69, 9.17) is 35.9 Å². The second-order valence-electron chi connectivity index (χ2n) is 12.4. The Labute approximate surface area is 316 Å². The number of imide groups is 1. The van der Waals surface area contributed by atoms with Crippen LogP contribution < -0.4 is 15.5 Å². The van der Waals surface area contributed by atoms with Crippen LogP contribution in [0.3, 0.4) is 0 Å². The smallest absolute Gasteiger partial charge is 0.446 e. The molecule has 21 heteroatoms. The highest BCUT2D eigenvalue weighted by molar-refractivity contribution is 8.00. The van der Waals surface area contributed by atoms with E-state index in [1.54, 1.807) is 6.07 Å². The SMILES string of the molecule is CC(=O)OC[C@H]1O[C@@H](NC(=S)Nc2cc(CN3C(=O)N(c4ccc(SC(F)(F)F)cc4)C(=O)C3(C)C)ccn2)[C@H](OC(C)=O)[C@@H](OC(C)=O)[C@@H]1OC(C)=O. The molecule has 2 aliphatic heterocycles. The molecule has 2 aliphatic rings. The van der Waals surface area contributed by atoms with Crippen LogP contribution in [0.4, 0.5) is 29.5 Å². The molecule has 0 bridgehead atoms. The van der Waals surface area contributed by atoms with Crippen LogP contribution in [0.15, 0.2) is 47.5 Å². The number of carbonyl (C=O) groups excluding carboxylic acids is 6. The number of hydrogen-bond donors (Lipinski definition) is 2. The summed E-state index contributed by atoms with van der Waals surface area (Å²) in [4.78, 5) is 81.2. The summed E-state index contributed by atoms with van der Waals surface area (Å²) in [5.74, 6) is -3.54. The van der Waals surface area contributed by atoms with Crippen LogP contribution in [0.1, 0.15) is 47.1 Å². The molecule has 3 heterocycles. The zero-order valence-electron chi connectivity index (χ0n) is 29.6. The van der Waals surface area contributed by atoms with E-state index in [1.807, 2.05) is 0 Å². The van der Waals surface area contributed by atoms with Crippen LogP contribution in [-0.4, -0.2) is 99.1 Å². The molecule has 292 valence electrons. The normalized spacial score (nSPS) is 22.3. The van der Waals surface area contributed by atoms with E-state index in [9.17, 15) is 41.9 Å². The summed E-state index contributed by atoms with van der Waals surface area (Å²) in [5, 5.41) is 5.50. The van der Waals surface area contributed by atoms with Crippen molar-refractivity contribution in [3.63, 3.8) is 0 Å². The van der Waals surface area contributed by atoms with E-state index in [-0.39, 0.29) is 39.8 Å². The minimum atomic E-state index is -4.51. The third-order valence-corrected chi connectivity index (χ3v) is 8.78. The third kappa shape index (κ3) is 10.6. The molecule has 2 saturated heterocycles. The van der Waals surface area contributed by atoms with Crippen molar-refractivity contribution < 1.29 is 65.6 Å². The number of nitrogens with one attached hydrogen (secondary N) is 2. The van der Waals surface area contributed by atoms with Crippen LogP contribution >= 0.6 is 24.0 Å². The number of halogens is 3. The quantitative estimate of drug-likeness (QED) is 0.110. The van der Waals surface area contributed by atoms with Crippen LogP contribution in [0.5, 0.6) is 0 Å². The highest BCUT2D eigenvalue weighted by Crippen LogP contribution is 2.39. The van der Waals surface area contributed by atoms with E-state index < -0.39 is 84.1 Å². The number of anilines is 2. The van der Waals surface area contributed by atoms with Crippen molar-refractivity contribution in [2.24, 2.45) is 0 Å². The number of amides is 3. The van der Waals surface area contributed by atoms with Gasteiger partial charge in [0.2, 0.25) is 0 Å². The van der Waals surface area contributed by atoms with Crippen LogP contribution in [-0.2, 0) is 54.2 Å². The summed E-state index contributed by atoms with van der Waals surface area (Å²) in [5.41, 5.74) is -5.26. The maximum atomic E-state index is 13.6. The standard InChI is InChI=1S/C33H36F3N5O11S2/c1-16(42)48-15-23-25(49-17(2)43)26(50-18(3)44)27(51-19(4)45)28(52-23)39-30(53)38-24-13-20(11-12-37-24)14-40-31(47)41(29(46)32(40,5)6)21-7-9-22(10-8-21)54-33(34,35)36/h7-13,23,25-28H,14-15H2,1-6H3,(H2,37,38,39,53)/t23-,25-,26+,27-,28-/m1/s1. The van der Waals surface area contributed by atoms with Crippen molar-refractivity contribution in [3.05, 3.63) is 48.2 Å². The Balaban J connectivity index is 1.52. The number of pyridine rings is 1. The molecule has 54 heavy (non-hydrogen) atoms. The predicted octanol–water partition coefficient (Wildman–Crippen LogP) is 3.81. The van der Waals surface area contributed by atoms with Crippen LogP contribution in [0.25, 0.3) is 0 Å². The minimum absolute atomic E-state index is 0.0901. The molecule has 0 spiro atoms. The summed E-state index contributed by atoms with van der Waals surface area (Å²) in [6.07, 6.45) is -5.44. The molecule has 0 unspecified atom stereocenters. The fourth-order valence-electron chi connectivity index (χ4n) is 5.58. The van der Waals surface area contributed by atoms with Gasteiger partial charge in [0.1, 0.15) is 24.1 Å². The Kier molecular flexibility index (Phi) is 13.1. The number of thioether (sulfide) groups is 1. The third-order valence-electron chi connectivity index (χ3n) is 7.82. The number of alkyl halides is 3. The Bertz CT molecular complexity index is 1800. The lowest BCUT2D eigenvalue weighted by Gasteiger charge is -2.44. The van der Waals surface area contributed by atoms with Crippen molar-refractivity contribution in [2.45, 2.75) is 94.7 Å². The van der Waals surface area contributed by atoms with Crippen LogP contribution in [0, 0.1) is 0 Å². The molecule has 2 N–H and O–H groups in total. The van der Waals surface area contributed by atoms with Gasteiger partial charge in [0.15, 0.2) is 29.7 Å². The maximum absolute atomic E-state index is 13.6. The zero-order chi connectivity index (χ0) is 40.1. The molecule has 2 aromatic rings. The number of urea groups is 1. The summed E-state index contributed by atoms with van der Waals surface area (Å²) in [6.45, 7) is 6.94. The van der Waals surface area contributed by atoms with E-state index in [0.29, 0.717) is 5.56 Å². The number of carbonyl (C=O) groups is 6. The summed E-state index contributed by atoms with van der Waals surface area (Å²) < 4.78 is 65.7. The highest BCUT2D eigenvalue weighted by atomic mass is 32.2. The Hall–Kier alpha value is -5.02. The number of ether oxygens (including phenoxy) is 5. The summed E-state index contributed by atoms with van der Waals surface area (Å²) in [6, 6.07) is 7.27. The lowest BCUT2D eigenvalue weighted by Crippen LogP contribution is -2.66. The Morgan fingerprint density at radius 2 is 1.52 bits per heavy atom. The first-order chi connectivity index (χ1) is 25.2. The van der Waals surface area contributed by atoms with Gasteiger partial charge in [-0.2, -0.15) is 13.2 Å². The highest BCUT2D eigenvalue weighted by Gasteiger charge is 2.53. The first-order valence-corrected chi connectivity index (χ1v) is 17.2. The average Bonchev–Trinajstić information content (AvgIpc) is 3.21. The number of rotatable bonds is 11. The maximum Gasteiger partial charge on any atom is 0.446 e. The zero-order valence-corrected chi connectivity index (χ0v) is 31.3. The molecule has 16 nitrogen and oxygen atoms in total. The molecule has 0 radical (unpaired) electrons. The number of thiocarbonyl (C=S) groups is 1. The van der Waals surface area contributed by atoms with Gasteiger partial charge in [-0.25, -0.2) is 14.7 Å². The number of benzene rings is 1. The van der Waals surface area contributed by atoms with Crippen molar-refractivity contribution in [3.8, 4) is 0 Å². The number of nitrogens with zero attached hydrogens (tertiary/aromatic N) is 3.